The number of carbonyl (C=O) groups is 1. The molecule has 0 spiro atoms. The maximum absolute atomic E-state index is 12.8. The molecule has 26 heavy (non-hydrogen) atoms. The summed E-state index contributed by atoms with van der Waals surface area (Å²) in [6, 6.07) is 15.0. The predicted molar refractivity (Wildman–Crippen MR) is 99.6 cm³/mol. The second-order valence-electron chi connectivity index (χ2n) is 6.25. The van der Waals surface area contributed by atoms with Gasteiger partial charge in [-0.25, -0.2) is 0 Å². The van der Waals surface area contributed by atoms with Crippen molar-refractivity contribution in [3.63, 3.8) is 0 Å². The number of amides is 1. The molecule has 1 heterocycles. The molecule has 0 saturated heterocycles. The topological polar surface area (TPSA) is 48.0 Å². The van der Waals surface area contributed by atoms with Crippen LogP contribution in [0.25, 0.3) is 0 Å². The van der Waals surface area contributed by atoms with E-state index in [0.29, 0.717) is 24.7 Å². The SMILES string of the molecule is C=CCOc1ccc(CN(C)C(=O)[C@@H]2Oc3ccccc3O[C@H]2C)cc1. The molecule has 0 saturated carbocycles. The predicted octanol–water partition coefficient (Wildman–Crippen LogP) is 3.44. The number of benzene rings is 2. The average molecular weight is 353 g/mol. The lowest BCUT2D eigenvalue weighted by Gasteiger charge is -2.33. The highest BCUT2D eigenvalue weighted by atomic mass is 16.6. The summed E-state index contributed by atoms with van der Waals surface area (Å²) >= 11 is 0. The summed E-state index contributed by atoms with van der Waals surface area (Å²) in [6.45, 7) is 6.42. The van der Waals surface area contributed by atoms with Crippen LogP contribution in [0.2, 0.25) is 0 Å². The van der Waals surface area contributed by atoms with Crippen LogP contribution < -0.4 is 14.2 Å². The lowest BCUT2D eigenvalue weighted by molar-refractivity contribution is -0.143. The Morgan fingerprint density at radius 1 is 1.15 bits per heavy atom. The molecular formula is C21H23NO4. The third-order valence-electron chi connectivity index (χ3n) is 4.17. The van der Waals surface area contributed by atoms with Crippen molar-refractivity contribution in [2.45, 2.75) is 25.7 Å². The van der Waals surface area contributed by atoms with Gasteiger partial charge in [0, 0.05) is 13.6 Å². The van der Waals surface area contributed by atoms with Gasteiger partial charge < -0.3 is 19.1 Å². The minimum atomic E-state index is -0.662. The fraction of sp³-hybridized carbons (Fsp3) is 0.286. The number of carbonyl (C=O) groups excluding carboxylic acids is 1. The second-order valence-corrected chi connectivity index (χ2v) is 6.25. The number of likely N-dealkylation sites (N-methyl/N-ethyl adjacent to an activating group) is 1. The normalized spacial score (nSPS) is 18.1. The Morgan fingerprint density at radius 3 is 2.46 bits per heavy atom. The minimum Gasteiger partial charge on any atom is -0.490 e. The summed E-state index contributed by atoms with van der Waals surface area (Å²) < 4.78 is 17.2. The van der Waals surface area contributed by atoms with Crippen molar-refractivity contribution in [2.75, 3.05) is 13.7 Å². The first-order valence-electron chi connectivity index (χ1n) is 8.58. The highest BCUT2D eigenvalue weighted by Gasteiger charge is 2.35. The van der Waals surface area contributed by atoms with Gasteiger partial charge in [-0.15, -0.1) is 0 Å². The number of rotatable bonds is 6. The molecule has 0 aromatic heterocycles. The second kappa shape index (κ2) is 7.95. The summed E-state index contributed by atoms with van der Waals surface area (Å²) in [5.74, 6) is 1.93. The Bertz CT molecular complexity index is 772. The molecule has 2 aromatic carbocycles. The zero-order valence-electron chi connectivity index (χ0n) is 15.1. The molecule has 0 radical (unpaired) electrons. The van der Waals surface area contributed by atoms with Gasteiger partial charge in [0.1, 0.15) is 18.5 Å². The van der Waals surface area contributed by atoms with E-state index >= 15 is 0 Å². The molecule has 136 valence electrons. The van der Waals surface area contributed by atoms with Crippen molar-refractivity contribution < 1.29 is 19.0 Å². The van der Waals surface area contributed by atoms with Gasteiger partial charge in [-0.2, -0.15) is 0 Å². The maximum atomic E-state index is 12.8. The minimum absolute atomic E-state index is 0.112. The van der Waals surface area contributed by atoms with Gasteiger partial charge in [0.2, 0.25) is 6.10 Å². The molecule has 5 nitrogen and oxygen atoms in total. The first-order chi connectivity index (χ1) is 12.6. The molecule has 2 atom stereocenters. The van der Waals surface area contributed by atoms with Crippen molar-refractivity contribution in [2.24, 2.45) is 0 Å². The van der Waals surface area contributed by atoms with E-state index in [1.165, 1.54) is 0 Å². The number of para-hydroxylation sites is 2. The molecule has 1 amide bonds. The quantitative estimate of drug-likeness (QED) is 0.747. The smallest absolute Gasteiger partial charge is 0.267 e. The summed E-state index contributed by atoms with van der Waals surface area (Å²) in [5, 5.41) is 0. The molecule has 0 bridgehead atoms. The molecule has 1 aliphatic rings. The summed E-state index contributed by atoms with van der Waals surface area (Å²) in [6.07, 6.45) is 0.686. The molecular weight excluding hydrogens is 330 g/mol. The average Bonchev–Trinajstić information content (AvgIpc) is 2.66. The Kier molecular flexibility index (Phi) is 5.46. The van der Waals surface area contributed by atoms with E-state index < -0.39 is 6.10 Å². The number of hydrogen-bond acceptors (Lipinski definition) is 4. The van der Waals surface area contributed by atoms with Gasteiger partial charge >= 0.3 is 0 Å². The van der Waals surface area contributed by atoms with E-state index in [2.05, 4.69) is 6.58 Å². The summed E-state index contributed by atoms with van der Waals surface area (Å²) in [4.78, 5) is 14.5. The zero-order valence-corrected chi connectivity index (χ0v) is 15.1. The van der Waals surface area contributed by atoms with Crippen LogP contribution in [0.15, 0.2) is 61.2 Å². The number of fused-ring (bicyclic) bond motifs is 1. The highest BCUT2D eigenvalue weighted by Crippen LogP contribution is 2.33. The Hall–Kier alpha value is -2.95. The van der Waals surface area contributed by atoms with E-state index in [-0.39, 0.29) is 12.0 Å². The van der Waals surface area contributed by atoms with E-state index in [1.807, 2.05) is 55.5 Å². The van der Waals surface area contributed by atoms with E-state index in [1.54, 1.807) is 18.0 Å². The van der Waals surface area contributed by atoms with Crippen LogP contribution in [0.4, 0.5) is 0 Å². The van der Waals surface area contributed by atoms with Crippen LogP contribution in [-0.4, -0.2) is 36.7 Å². The van der Waals surface area contributed by atoms with Gasteiger partial charge in [-0.3, -0.25) is 4.79 Å². The zero-order chi connectivity index (χ0) is 18.5. The van der Waals surface area contributed by atoms with Crippen molar-refractivity contribution in [1.29, 1.82) is 0 Å². The standard InChI is InChI=1S/C21H23NO4/c1-4-13-24-17-11-9-16(10-12-17)14-22(3)21(23)20-15(2)25-18-7-5-6-8-19(18)26-20/h4-12,15,20H,1,13-14H2,2-3H3/t15-,20+/m0/s1. The molecule has 5 heteroatoms. The fourth-order valence-corrected chi connectivity index (χ4v) is 2.81. The lowest BCUT2D eigenvalue weighted by Crippen LogP contribution is -2.49. The van der Waals surface area contributed by atoms with Crippen LogP contribution in [0, 0.1) is 0 Å². The Labute approximate surface area is 153 Å². The van der Waals surface area contributed by atoms with Crippen LogP contribution in [0.3, 0.4) is 0 Å². The summed E-state index contributed by atoms with van der Waals surface area (Å²) in [7, 11) is 1.76. The Morgan fingerprint density at radius 2 is 1.81 bits per heavy atom. The number of nitrogens with zero attached hydrogens (tertiary/aromatic N) is 1. The third kappa shape index (κ3) is 3.99. The van der Waals surface area contributed by atoms with Gasteiger partial charge in [-0.1, -0.05) is 36.9 Å². The van der Waals surface area contributed by atoms with Gasteiger partial charge in [0.25, 0.3) is 5.91 Å². The molecule has 0 N–H and O–H groups in total. The van der Waals surface area contributed by atoms with Crippen LogP contribution in [0.1, 0.15) is 12.5 Å². The first-order valence-corrected chi connectivity index (χ1v) is 8.58. The molecule has 1 aliphatic heterocycles. The van der Waals surface area contributed by atoms with Crippen LogP contribution >= 0.6 is 0 Å². The monoisotopic (exact) mass is 353 g/mol. The maximum Gasteiger partial charge on any atom is 0.267 e. The number of hydrogen-bond donors (Lipinski definition) is 0. The van der Waals surface area contributed by atoms with Crippen molar-refractivity contribution in [3.8, 4) is 17.2 Å². The van der Waals surface area contributed by atoms with Gasteiger partial charge in [0.05, 0.1) is 0 Å². The highest BCUT2D eigenvalue weighted by molar-refractivity contribution is 5.82. The van der Waals surface area contributed by atoms with Gasteiger partial charge in [0.15, 0.2) is 11.5 Å². The first kappa shape index (κ1) is 17.9. The fourth-order valence-electron chi connectivity index (χ4n) is 2.81. The molecule has 0 fully saturated rings. The molecule has 3 rings (SSSR count). The van der Waals surface area contributed by atoms with E-state index in [9.17, 15) is 4.79 Å². The van der Waals surface area contributed by atoms with Crippen molar-refractivity contribution >= 4 is 5.91 Å². The summed E-state index contributed by atoms with van der Waals surface area (Å²) in [5.41, 5.74) is 1.01. The number of ether oxygens (including phenoxy) is 3. The van der Waals surface area contributed by atoms with Crippen LogP contribution in [-0.2, 0) is 11.3 Å². The van der Waals surface area contributed by atoms with Crippen molar-refractivity contribution in [1.82, 2.24) is 4.90 Å². The van der Waals surface area contributed by atoms with Crippen molar-refractivity contribution in [3.05, 3.63) is 66.7 Å². The molecule has 0 unspecified atom stereocenters. The van der Waals surface area contributed by atoms with Crippen LogP contribution in [0.5, 0.6) is 17.2 Å². The largest absolute Gasteiger partial charge is 0.490 e. The van der Waals surface area contributed by atoms with Gasteiger partial charge in [-0.05, 0) is 36.8 Å². The Balaban J connectivity index is 1.63. The third-order valence-corrected chi connectivity index (χ3v) is 4.17. The molecule has 2 aromatic rings. The van der Waals surface area contributed by atoms with E-state index in [0.717, 1.165) is 11.3 Å². The lowest BCUT2D eigenvalue weighted by atomic mass is 10.1. The van der Waals surface area contributed by atoms with E-state index in [4.69, 9.17) is 14.2 Å². The molecule has 0 aliphatic carbocycles.